The topological polar surface area (TPSA) is 62.2 Å². The SMILES string of the molecule is O=C(CCCO)NCCc1nccs1. The zero-order valence-corrected chi connectivity index (χ0v) is 8.72. The first-order valence-corrected chi connectivity index (χ1v) is 5.47. The molecule has 1 heterocycles. The van der Waals surface area contributed by atoms with Crippen molar-refractivity contribution >= 4 is 17.2 Å². The number of rotatable bonds is 6. The Kier molecular flexibility index (Phi) is 5.17. The third-order valence-electron chi connectivity index (χ3n) is 1.71. The Morgan fingerprint density at radius 1 is 1.64 bits per heavy atom. The zero-order valence-electron chi connectivity index (χ0n) is 7.90. The number of aliphatic hydroxyl groups excluding tert-OH is 1. The van der Waals surface area contributed by atoms with E-state index in [1.165, 1.54) is 0 Å². The van der Waals surface area contributed by atoms with Crippen LogP contribution in [0.25, 0.3) is 0 Å². The summed E-state index contributed by atoms with van der Waals surface area (Å²) in [4.78, 5) is 15.2. The van der Waals surface area contributed by atoms with Crippen LogP contribution in [0.15, 0.2) is 11.6 Å². The van der Waals surface area contributed by atoms with Crippen molar-refractivity contribution in [3.63, 3.8) is 0 Å². The minimum absolute atomic E-state index is 0.00407. The molecular formula is C9H14N2O2S. The van der Waals surface area contributed by atoms with Crippen molar-refractivity contribution in [2.45, 2.75) is 19.3 Å². The molecule has 1 rings (SSSR count). The number of hydrogen-bond donors (Lipinski definition) is 2. The van der Waals surface area contributed by atoms with Crippen molar-refractivity contribution in [2.75, 3.05) is 13.2 Å². The van der Waals surface area contributed by atoms with Gasteiger partial charge in [0, 0.05) is 37.6 Å². The van der Waals surface area contributed by atoms with Gasteiger partial charge in [-0.3, -0.25) is 4.79 Å². The first kappa shape index (κ1) is 11.1. The van der Waals surface area contributed by atoms with Gasteiger partial charge in [0.1, 0.15) is 0 Å². The molecule has 0 aromatic carbocycles. The number of aromatic nitrogens is 1. The first-order chi connectivity index (χ1) is 6.83. The van der Waals surface area contributed by atoms with E-state index in [1.807, 2.05) is 5.38 Å². The van der Waals surface area contributed by atoms with Crippen LogP contribution in [-0.2, 0) is 11.2 Å². The largest absolute Gasteiger partial charge is 0.396 e. The van der Waals surface area contributed by atoms with E-state index in [2.05, 4.69) is 10.3 Å². The van der Waals surface area contributed by atoms with E-state index >= 15 is 0 Å². The Balaban J connectivity index is 2.06. The second-order valence-corrected chi connectivity index (χ2v) is 3.83. The van der Waals surface area contributed by atoms with Gasteiger partial charge in [-0.1, -0.05) is 0 Å². The van der Waals surface area contributed by atoms with E-state index in [1.54, 1.807) is 17.5 Å². The highest BCUT2D eigenvalue weighted by Gasteiger charge is 2.00. The van der Waals surface area contributed by atoms with E-state index in [4.69, 9.17) is 5.11 Å². The van der Waals surface area contributed by atoms with Crippen molar-refractivity contribution in [1.29, 1.82) is 0 Å². The van der Waals surface area contributed by atoms with Crippen LogP contribution in [0.2, 0.25) is 0 Å². The Hall–Kier alpha value is -0.940. The molecule has 78 valence electrons. The minimum atomic E-state index is -0.00407. The predicted octanol–water partition coefficient (Wildman–Crippen LogP) is 0.574. The lowest BCUT2D eigenvalue weighted by Crippen LogP contribution is -2.25. The molecule has 0 bridgehead atoms. The first-order valence-electron chi connectivity index (χ1n) is 4.59. The summed E-state index contributed by atoms with van der Waals surface area (Å²) in [6.45, 7) is 0.692. The van der Waals surface area contributed by atoms with Crippen LogP contribution >= 0.6 is 11.3 Å². The van der Waals surface area contributed by atoms with Gasteiger partial charge in [0.25, 0.3) is 0 Å². The molecule has 2 N–H and O–H groups in total. The summed E-state index contributed by atoms with van der Waals surface area (Å²) in [5.41, 5.74) is 0. The Labute approximate surface area is 87.0 Å². The average molecular weight is 214 g/mol. The summed E-state index contributed by atoms with van der Waals surface area (Å²) in [7, 11) is 0. The van der Waals surface area contributed by atoms with Crippen LogP contribution in [0.5, 0.6) is 0 Å². The quantitative estimate of drug-likeness (QED) is 0.728. The zero-order chi connectivity index (χ0) is 10.2. The fraction of sp³-hybridized carbons (Fsp3) is 0.556. The van der Waals surface area contributed by atoms with E-state index in [0.29, 0.717) is 19.4 Å². The van der Waals surface area contributed by atoms with Crippen molar-refractivity contribution in [2.24, 2.45) is 0 Å². The van der Waals surface area contributed by atoms with Crippen LogP contribution in [-0.4, -0.2) is 29.1 Å². The van der Waals surface area contributed by atoms with Gasteiger partial charge in [-0.2, -0.15) is 0 Å². The molecule has 0 atom stereocenters. The molecule has 5 heteroatoms. The van der Waals surface area contributed by atoms with Gasteiger partial charge in [0.05, 0.1) is 5.01 Å². The van der Waals surface area contributed by atoms with Crippen molar-refractivity contribution in [1.82, 2.24) is 10.3 Å². The number of carbonyl (C=O) groups excluding carboxylic acids is 1. The molecule has 0 aliphatic rings. The second kappa shape index (κ2) is 6.50. The molecule has 0 radical (unpaired) electrons. The molecule has 4 nitrogen and oxygen atoms in total. The van der Waals surface area contributed by atoms with E-state index in [0.717, 1.165) is 11.4 Å². The molecule has 1 aromatic heterocycles. The monoisotopic (exact) mass is 214 g/mol. The Bertz CT molecular complexity index is 262. The van der Waals surface area contributed by atoms with E-state index in [-0.39, 0.29) is 12.5 Å². The Morgan fingerprint density at radius 3 is 3.14 bits per heavy atom. The molecule has 0 aliphatic heterocycles. The van der Waals surface area contributed by atoms with Gasteiger partial charge in [-0.15, -0.1) is 11.3 Å². The Morgan fingerprint density at radius 2 is 2.50 bits per heavy atom. The van der Waals surface area contributed by atoms with E-state index < -0.39 is 0 Å². The number of hydrogen-bond acceptors (Lipinski definition) is 4. The third-order valence-corrected chi connectivity index (χ3v) is 2.55. The van der Waals surface area contributed by atoms with Crippen molar-refractivity contribution < 1.29 is 9.90 Å². The number of amides is 1. The number of aliphatic hydroxyl groups is 1. The second-order valence-electron chi connectivity index (χ2n) is 2.85. The summed E-state index contributed by atoms with van der Waals surface area (Å²) >= 11 is 1.59. The highest BCUT2D eigenvalue weighted by atomic mass is 32.1. The van der Waals surface area contributed by atoms with Gasteiger partial charge < -0.3 is 10.4 Å². The smallest absolute Gasteiger partial charge is 0.220 e. The van der Waals surface area contributed by atoms with Crippen LogP contribution in [0.3, 0.4) is 0 Å². The van der Waals surface area contributed by atoms with Crippen LogP contribution in [0.1, 0.15) is 17.8 Å². The number of nitrogens with zero attached hydrogens (tertiary/aromatic N) is 1. The summed E-state index contributed by atoms with van der Waals surface area (Å²) < 4.78 is 0. The van der Waals surface area contributed by atoms with Crippen LogP contribution in [0.4, 0.5) is 0 Å². The maximum Gasteiger partial charge on any atom is 0.220 e. The number of nitrogens with one attached hydrogen (secondary N) is 1. The highest BCUT2D eigenvalue weighted by molar-refractivity contribution is 7.09. The van der Waals surface area contributed by atoms with Gasteiger partial charge in [-0.25, -0.2) is 4.98 Å². The summed E-state index contributed by atoms with van der Waals surface area (Å²) in [6, 6.07) is 0. The molecule has 1 aromatic rings. The third kappa shape index (κ3) is 4.34. The van der Waals surface area contributed by atoms with Gasteiger partial charge in [-0.05, 0) is 6.42 Å². The maximum atomic E-state index is 11.1. The molecule has 0 saturated carbocycles. The fourth-order valence-corrected chi connectivity index (χ4v) is 1.63. The average Bonchev–Trinajstić information content (AvgIpc) is 2.67. The maximum absolute atomic E-state index is 11.1. The number of carbonyl (C=O) groups is 1. The molecular weight excluding hydrogens is 200 g/mol. The molecule has 0 fully saturated rings. The van der Waals surface area contributed by atoms with Crippen molar-refractivity contribution in [3.8, 4) is 0 Å². The van der Waals surface area contributed by atoms with Gasteiger partial charge >= 0.3 is 0 Å². The molecule has 1 amide bonds. The van der Waals surface area contributed by atoms with Crippen LogP contribution < -0.4 is 5.32 Å². The standard InChI is InChI=1S/C9H14N2O2S/c12-6-1-2-8(13)10-4-3-9-11-5-7-14-9/h5,7,12H,1-4,6H2,(H,10,13). The van der Waals surface area contributed by atoms with Gasteiger partial charge in [0.15, 0.2) is 0 Å². The molecule has 0 spiro atoms. The number of thiazole rings is 1. The lowest BCUT2D eigenvalue weighted by Gasteiger charge is -2.02. The minimum Gasteiger partial charge on any atom is -0.396 e. The molecule has 14 heavy (non-hydrogen) atoms. The normalized spacial score (nSPS) is 10.1. The summed E-state index contributed by atoms with van der Waals surface area (Å²) in [5.74, 6) is -0.00407. The van der Waals surface area contributed by atoms with E-state index in [9.17, 15) is 4.79 Å². The molecule has 0 saturated heterocycles. The molecule has 0 aliphatic carbocycles. The predicted molar refractivity (Wildman–Crippen MR) is 55.1 cm³/mol. The fourth-order valence-electron chi connectivity index (χ4n) is 1.01. The lowest BCUT2D eigenvalue weighted by molar-refractivity contribution is -0.121. The van der Waals surface area contributed by atoms with Crippen molar-refractivity contribution in [3.05, 3.63) is 16.6 Å². The summed E-state index contributed by atoms with van der Waals surface area (Å²) in [5, 5.41) is 14.2. The summed E-state index contributed by atoms with van der Waals surface area (Å²) in [6.07, 6.45) is 3.47. The van der Waals surface area contributed by atoms with Gasteiger partial charge in [0.2, 0.25) is 5.91 Å². The molecule has 0 unspecified atom stereocenters. The lowest BCUT2D eigenvalue weighted by atomic mass is 10.3. The highest BCUT2D eigenvalue weighted by Crippen LogP contribution is 2.03. The van der Waals surface area contributed by atoms with Crippen LogP contribution in [0, 0.1) is 0 Å².